The van der Waals surface area contributed by atoms with Gasteiger partial charge in [0, 0.05) is 57.9 Å². The van der Waals surface area contributed by atoms with E-state index in [1.807, 2.05) is 68.1 Å². The molecule has 1 atom stereocenters. The number of carbonyl (C=O) groups excluding carboxylic acids is 4. The minimum absolute atomic E-state index is 0.144. The number of ether oxygens (including phenoxy) is 9. The van der Waals surface area contributed by atoms with Crippen molar-refractivity contribution in [1.29, 1.82) is 0 Å². The molecule has 1 unspecified atom stereocenters. The molecule has 0 aliphatic carbocycles. The van der Waals surface area contributed by atoms with Crippen LogP contribution in [0, 0.1) is 0 Å². The van der Waals surface area contributed by atoms with Gasteiger partial charge in [0.25, 0.3) is 0 Å². The first-order chi connectivity index (χ1) is 40.2. The van der Waals surface area contributed by atoms with Crippen molar-refractivity contribution >= 4 is 24.0 Å². The maximum absolute atomic E-state index is 13.3. The van der Waals surface area contributed by atoms with Gasteiger partial charge in [0.05, 0.1) is 85.1 Å². The van der Waals surface area contributed by atoms with Gasteiger partial charge in [-0.1, -0.05) is 24.3 Å². The summed E-state index contributed by atoms with van der Waals surface area (Å²) in [6.07, 6.45) is -1.79. The van der Waals surface area contributed by atoms with Crippen molar-refractivity contribution in [3.8, 4) is 5.75 Å². The normalized spacial score (nSPS) is 12.7. The summed E-state index contributed by atoms with van der Waals surface area (Å²) >= 11 is 0. The van der Waals surface area contributed by atoms with E-state index in [1.54, 1.807) is 126 Å². The van der Waals surface area contributed by atoms with Crippen LogP contribution < -0.4 is 10.1 Å². The number of aliphatic hydroxyl groups is 1. The van der Waals surface area contributed by atoms with E-state index in [1.165, 1.54) is 0 Å². The lowest BCUT2D eigenvalue weighted by Crippen LogP contribution is -2.34. The van der Waals surface area contributed by atoms with E-state index in [0.29, 0.717) is 85.2 Å². The average molecular weight is 1200 g/mol. The summed E-state index contributed by atoms with van der Waals surface area (Å²) in [6, 6.07) is 24.6. The van der Waals surface area contributed by atoms with E-state index in [4.69, 9.17) is 67.6 Å². The standard InChI is InChI=1S/C64H90N8O14/c1-60(2,3)82-55(73)51-24-16-20-44(67-51)38-71(39-45-21-17-25-52(68-45)56(74)83-61(4,5)6)42-48-36-50(81-35-34-80-33-32-79-31-30-78-29-28-65-59(77)86-64(13,14)15)37-49(66-48)43-72(40-46-22-18-26-53(69-46)57(75)84-62(7,8)9)41-47-23-19-27-54(70-47)58(76)85-63(10,11)12/h16-27,36-37,55,73H,28-35,38-43H2,1-15H3,(H,65,77). The van der Waals surface area contributed by atoms with Gasteiger partial charge in [0.1, 0.15) is 51.8 Å². The quantitative estimate of drug-likeness (QED) is 0.0188. The number of aromatic nitrogens is 5. The Balaban J connectivity index is 1.46. The first-order valence-corrected chi connectivity index (χ1v) is 28.9. The number of hydrogen-bond donors (Lipinski definition) is 2. The number of hydrogen-bond acceptors (Lipinski definition) is 21. The number of nitrogens with zero attached hydrogens (tertiary/aromatic N) is 7. The Bertz CT molecular complexity index is 2910. The molecule has 0 radical (unpaired) electrons. The molecular formula is C64H90N8O14. The minimum atomic E-state index is -1.29. The van der Waals surface area contributed by atoms with Gasteiger partial charge in [0.15, 0.2) is 6.29 Å². The SMILES string of the molecule is CC(C)(C)OC(=O)NCCOCCOCCOCCOc1cc(CN(Cc2cccc(C(=O)OC(C)(C)C)n2)Cc2cccc(C(=O)OC(C)(C)C)n2)nc(CN(Cc2cccc(C(=O)OC(C)(C)C)n2)Cc2cccc(C(O)OC(C)(C)C)n2)c1. The van der Waals surface area contributed by atoms with Crippen molar-refractivity contribution in [3.63, 3.8) is 0 Å². The Kier molecular flexibility index (Phi) is 26.0. The number of pyridine rings is 5. The highest BCUT2D eigenvalue weighted by molar-refractivity contribution is 5.88. The predicted octanol–water partition coefficient (Wildman–Crippen LogP) is 9.69. The summed E-state index contributed by atoms with van der Waals surface area (Å²) in [5.74, 6) is -1.20. The predicted molar refractivity (Wildman–Crippen MR) is 321 cm³/mol. The molecule has 0 aliphatic rings. The van der Waals surface area contributed by atoms with Gasteiger partial charge in [0.2, 0.25) is 0 Å². The molecule has 5 aromatic heterocycles. The Morgan fingerprint density at radius 3 is 1.16 bits per heavy atom. The fourth-order valence-corrected chi connectivity index (χ4v) is 8.03. The highest BCUT2D eigenvalue weighted by Gasteiger charge is 2.25. The molecule has 5 rings (SSSR count). The van der Waals surface area contributed by atoms with E-state index in [-0.39, 0.29) is 69.6 Å². The fourth-order valence-electron chi connectivity index (χ4n) is 8.03. The molecule has 0 spiro atoms. The summed E-state index contributed by atoms with van der Waals surface area (Å²) in [4.78, 5) is 80.1. The van der Waals surface area contributed by atoms with Gasteiger partial charge in [-0.2, -0.15) is 0 Å². The van der Waals surface area contributed by atoms with Crippen molar-refractivity contribution < 1.29 is 66.9 Å². The topological polar surface area (TPSA) is 255 Å². The van der Waals surface area contributed by atoms with Crippen LogP contribution in [0.4, 0.5) is 4.79 Å². The Hall–Kier alpha value is -7.05. The molecule has 22 heteroatoms. The lowest BCUT2D eigenvalue weighted by molar-refractivity contribution is -0.171. The van der Waals surface area contributed by atoms with Crippen LogP contribution in [0.3, 0.4) is 0 Å². The van der Waals surface area contributed by atoms with Gasteiger partial charge in [-0.25, -0.2) is 34.1 Å². The zero-order chi connectivity index (χ0) is 63.3. The van der Waals surface area contributed by atoms with E-state index in [0.717, 1.165) is 0 Å². The molecule has 0 bridgehead atoms. The molecule has 0 saturated heterocycles. The van der Waals surface area contributed by atoms with Crippen LogP contribution in [0.5, 0.6) is 5.75 Å². The molecule has 0 fully saturated rings. The summed E-state index contributed by atoms with van der Waals surface area (Å²) in [5, 5.41) is 13.7. The molecule has 0 aliphatic heterocycles. The molecule has 2 N–H and O–H groups in total. The number of nitrogens with one attached hydrogen (secondary N) is 1. The molecule has 470 valence electrons. The van der Waals surface area contributed by atoms with Crippen molar-refractivity contribution in [3.05, 3.63) is 142 Å². The van der Waals surface area contributed by atoms with Crippen LogP contribution in [0.1, 0.15) is 181 Å². The van der Waals surface area contributed by atoms with Gasteiger partial charge in [-0.05, 0) is 152 Å². The minimum Gasteiger partial charge on any atom is -0.491 e. The van der Waals surface area contributed by atoms with E-state index >= 15 is 0 Å². The van der Waals surface area contributed by atoms with Crippen LogP contribution in [-0.4, -0.2) is 145 Å². The van der Waals surface area contributed by atoms with Crippen molar-refractivity contribution in [2.75, 3.05) is 52.8 Å². The number of esters is 3. The van der Waals surface area contributed by atoms with Crippen LogP contribution in [-0.2, 0) is 77.2 Å². The maximum atomic E-state index is 13.3. The summed E-state index contributed by atoms with van der Waals surface area (Å²) in [7, 11) is 0. The van der Waals surface area contributed by atoms with Gasteiger partial charge in [-0.15, -0.1) is 0 Å². The third-order valence-corrected chi connectivity index (χ3v) is 11.2. The third kappa shape index (κ3) is 28.0. The van der Waals surface area contributed by atoms with Crippen LogP contribution in [0.2, 0.25) is 0 Å². The number of alkyl carbamates (subject to hydrolysis) is 1. The van der Waals surface area contributed by atoms with Gasteiger partial charge in [-0.3, -0.25) is 19.8 Å². The molecule has 1 amide bonds. The lowest BCUT2D eigenvalue weighted by Gasteiger charge is -2.25. The number of aliphatic hydroxyl groups excluding tert-OH is 1. The molecular weight excluding hydrogens is 1100 g/mol. The van der Waals surface area contributed by atoms with Crippen LogP contribution in [0.25, 0.3) is 0 Å². The lowest BCUT2D eigenvalue weighted by atomic mass is 10.2. The van der Waals surface area contributed by atoms with Crippen molar-refractivity contribution in [1.82, 2.24) is 40.0 Å². The second-order valence-electron chi connectivity index (χ2n) is 25.4. The number of carbonyl (C=O) groups is 4. The summed E-state index contributed by atoms with van der Waals surface area (Å²) in [5.41, 5.74) is 0.802. The largest absolute Gasteiger partial charge is 0.491 e. The Morgan fingerprint density at radius 1 is 0.430 bits per heavy atom. The van der Waals surface area contributed by atoms with Crippen LogP contribution >= 0.6 is 0 Å². The van der Waals surface area contributed by atoms with E-state index in [9.17, 15) is 24.3 Å². The number of rotatable bonds is 30. The zero-order valence-corrected chi connectivity index (χ0v) is 52.9. The highest BCUT2D eigenvalue weighted by atomic mass is 16.6. The smallest absolute Gasteiger partial charge is 0.407 e. The Labute approximate surface area is 507 Å². The third-order valence-electron chi connectivity index (χ3n) is 11.2. The molecule has 5 aromatic rings. The first kappa shape index (κ1) is 69.7. The second kappa shape index (κ2) is 32.1. The van der Waals surface area contributed by atoms with Crippen molar-refractivity contribution in [2.45, 2.75) is 177 Å². The fraction of sp³-hybridized carbons (Fsp3) is 0.547. The molecule has 0 saturated carbocycles. The molecule has 22 nitrogen and oxygen atoms in total. The highest BCUT2D eigenvalue weighted by Crippen LogP contribution is 2.25. The van der Waals surface area contributed by atoms with E-state index < -0.39 is 58.3 Å². The van der Waals surface area contributed by atoms with Gasteiger partial charge < -0.3 is 53.1 Å². The van der Waals surface area contributed by atoms with Gasteiger partial charge >= 0.3 is 24.0 Å². The monoisotopic (exact) mass is 1190 g/mol. The Morgan fingerprint density at radius 2 is 0.779 bits per heavy atom. The second-order valence-corrected chi connectivity index (χ2v) is 25.4. The summed E-state index contributed by atoms with van der Waals surface area (Å²) < 4.78 is 51.7. The van der Waals surface area contributed by atoms with E-state index in [2.05, 4.69) is 10.2 Å². The summed E-state index contributed by atoms with van der Waals surface area (Å²) in [6.45, 7) is 30.7. The molecule has 5 heterocycles. The zero-order valence-electron chi connectivity index (χ0n) is 52.9. The maximum Gasteiger partial charge on any atom is 0.407 e. The number of amides is 1. The van der Waals surface area contributed by atoms with Crippen LogP contribution in [0.15, 0.2) is 84.9 Å². The molecule has 0 aromatic carbocycles. The first-order valence-electron chi connectivity index (χ1n) is 28.9. The molecule has 86 heavy (non-hydrogen) atoms. The average Bonchev–Trinajstić information content (AvgIpc) is 2.43. The van der Waals surface area contributed by atoms with Crippen molar-refractivity contribution in [2.24, 2.45) is 0 Å².